The lowest BCUT2D eigenvalue weighted by atomic mass is 10.2. The van der Waals surface area contributed by atoms with Crippen LogP contribution in [0.15, 0.2) is 38.7 Å². The molecule has 0 spiro atoms. The SMILES string of the molecule is CSc1[nH]c(=O)c(C(=O)N(Cc2ccco2)C2CC2)cc1C#N. The molecule has 0 radical (unpaired) electrons. The first-order chi connectivity index (χ1) is 11.1. The fraction of sp³-hybridized carbons (Fsp3) is 0.312. The maximum atomic E-state index is 12.8. The zero-order chi connectivity index (χ0) is 16.4. The van der Waals surface area contributed by atoms with Crippen molar-refractivity contribution in [2.45, 2.75) is 30.5 Å². The molecular weight excluding hydrogens is 314 g/mol. The van der Waals surface area contributed by atoms with Gasteiger partial charge in [-0.3, -0.25) is 9.59 Å². The molecule has 1 amide bonds. The summed E-state index contributed by atoms with van der Waals surface area (Å²) >= 11 is 1.27. The number of carbonyl (C=O) groups is 1. The molecule has 0 atom stereocenters. The predicted octanol–water partition coefficient (Wildman–Crippen LogP) is 2.37. The van der Waals surface area contributed by atoms with E-state index in [0.717, 1.165) is 12.8 Å². The van der Waals surface area contributed by atoms with E-state index in [0.29, 0.717) is 22.9 Å². The Bertz CT molecular complexity index is 816. The number of nitrogens with one attached hydrogen (secondary N) is 1. The molecule has 2 aromatic rings. The van der Waals surface area contributed by atoms with E-state index in [4.69, 9.17) is 4.42 Å². The number of hydrogen-bond donors (Lipinski definition) is 1. The fourth-order valence-corrected chi connectivity index (χ4v) is 2.91. The molecule has 118 valence electrons. The summed E-state index contributed by atoms with van der Waals surface area (Å²) in [6.45, 7) is 0.322. The molecule has 0 saturated heterocycles. The van der Waals surface area contributed by atoms with Gasteiger partial charge in [0.25, 0.3) is 11.5 Å². The van der Waals surface area contributed by atoms with E-state index >= 15 is 0 Å². The van der Waals surface area contributed by atoms with Crippen LogP contribution in [0, 0.1) is 11.3 Å². The Labute approximate surface area is 137 Å². The van der Waals surface area contributed by atoms with Crippen molar-refractivity contribution in [1.29, 1.82) is 5.26 Å². The van der Waals surface area contributed by atoms with Gasteiger partial charge in [0, 0.05) is 6.04 Å². The lowest BCUT2D eigenvalue weighted by Gasteiger charge is -2.21. The minimum atomic E-state index is -0.469. The zero-order valence-corrected chi connectivity index (χ0v) is 13.4. The van der Waals surface area contributed by atoms with Crippen molar-refractivity contribution in [1.82, 2.24) is 9.88 Å². The Morgan fingerprint density at radius 2 is 2.35 bits per heavy atom. The first-order valence-corrected chi connectivity index (χ1v) is 8.41. The maximum absolute atomic E-state index is 12.8. The number of amides is 1. The first-order valence-electron chi connectivity index (χ1n) is 7.18. The molecule has 1 aliphatic rings. The maximum Gasteiger partial charge on any atom is 0.261 e. The lowest BCUT2D eigenvalue weighted by Crippen LogP contribution is -2.36. The third-order valence-electron chi connectivity index (χ3n) is 3.71. The highest BCUT2D eigenvalue weighted by Gasteiger charge is 2.34. The van der Waals surface area contributed by atoms with E-state index in [1.54, 1.807) is 29.6 Å². The van der Waals surface area contributed by atoms with Gasteiger partial charge in [-0.05, 0) is 37.3 Å². The summed E-state index contributed by atoms with van der Waals surface area (Å²) in [7, 11) is 0. The third kappa shape index (κ3) is 3.17. The van der Waals surface area contributed by atoms with Gasteiger partial charge in [0.05, 0.1) is 23.4 Å². The molecule has 1 N–H and O–H groups in total. The minimum absolute atomic E-state index is 0.00203. The molecule has 3 rings (SSSR count). The second-order valence-electron chi connectivity index (χ2n) is 5.31. The highest BCUT2D eigenvalue weighted by Crippen LogP contribution is 2.30. The number of thioether (sulfide) groups is 1. The van der Waals surface area contributed by atoms with Crippen molar-refractivity contribution < 1.29 is 9.21 Å². The van der Waals surface area contributed by atoms with Crippen LogP contribution in [-0.4, -0.2) is 28.1 Å². The van der Waals surface area contributed by atoms with Crippen molar-refractivity contribution in [3.63, 3.8) is 0 Å². The standard InChI is InChI=1S/C16H15N3O3S/c1-23-15-10(8-17)7-13(14(20)18-15)16(21)19(11-4-5-11)9-12-3-2-6-22-12/h2-3,6-7,11H,4-5,9H2,1H3,(H,18,20). The molecule has 1 fully saturated rings. The van der Waals surface area contributed by atoms with Crippen molar-refractivity contribution in [3.05, 3.63) is 51.7 Å². The van der Waals surface area contributed by atoms with Gasteiger partial charge >= 0.3 is 0 Å². The number of pyridine rings is 1. The van der Waals surface area contributed by atoms with Gasteiger partial charge in [-0.25, -0.2) is 0 Å². The number of aromatic nitrogens is 1. The average Bonchev–Trinajstić information content (AvgIpc) is 3.27. The highest BCUT2D eigenvalue weighted by molar-refractivity contribution is 7.98. The van der Waals surface area contributed by atoms with Gasteiger partial charge in [-0.1, -0.05) is 0 Å². The summed E-state index contributed by atoms with van der Waals surface area (Å²) in [6, 6.07) is 7.08. The number of aromatic amines is 1. The van der Waals surface area contributed by atoms with Crippen LogP contribution in [0.25, 0.3) is 0 Å². The van der Waals surface area contributed by atoms with Crippen LogP contribution >= 0.6 is 11.8 Å². The number of hydrogen-bond acceptors (Lipinski definition) is 5. The van der Waals surface area contributed by atoms with Crippen LogP contribution in [0.5, 0.6) is 0 Å². The number of furan rings is 1. The molecular formula is C16H15N3O3S. The quantitative estimate of drug-likeness (QED) is 0.851. The first kappa shape index (κ1) is 15.4. The molecule has 1 aliphatic carbocycles. The van der Waals surface area contributed by atoms with Crippen molar-refractivity contribution in [3.8, 4) is 6.07 Å². The fourth-order valence-electron chi connectivity index (χ4n) is 2.39. The number of nitrogens with zero attached hydrogens (tertiary/aromatic N) is 2. The van der Waals surface area contributed by atoms with Crippen LogP contribution in [0.3, 0.4) is 0 Å². The third-order valence-corrected chi connectivity index (χ3v) is 4.44. The highest BCUT2D eigenvalue weighted by atomic mass is 32.2. The van der Waals surface area contributed by atoms with Crippen LogP contribution in [0.2, 0.25) is 0 Å². The second kappa shape index (κ2) is 6.34. The number of carbonyl (C=O) groups excluding carboxylic acids is 1. The molecule has 2 aromatic heterocycles. The Kier molecular flexibility index (Phi) is 4.26. The summed E-state index contributed by atoms with van der Waals surface area (Å²) < 4.78 is 5.30. The van der Waals surface area contributed by atoms with Gasteiger partial charge in [-0.2, -0.15) is 5.26 Å². The molecule has 0 aromatic carbocycles. The van der Waals surface area contributed by atoms with Crippen LogP contribution in [0.4, 0.5) is 0 Å². The Morgan fingerprint density at radius 3 is 2.91 bits per heavy atom. The molecule has 0 bridgehead atoms. The average molecular weight is 329 g/mol. The Morgan fingerprint density at radius 1 is 1.57 bits per heavy atom. The molecule has 6 nitrogen and oxygen atoms in total. The lowest BCUT2D eigenvalue weighted by molar-refractivity contribution is 0.0715. The van der Waals surface area contributed by atoms with Crippen LogP contribution < -0.4 is 5.56 Å². The van der Waals surface area contributed by atoms with Crippen molar-refractivity contribution in [2.75, 3.05) is 6.26 Å². The van der Waals surface area contributed by atoms with Gasteiger partial charge in [0.2, 0.25) is 0 Å². The smallest absolute Gasteiger partial charge is 0.261 e. The summed E-state index contributed by atoms with van der Waals surface area (Å²) in [4.78, 5) is 29.3. The molecule has 2 heterocycles. The number of H-pyrrole nitrogens is 1. The number of nitriles is 1. The number of rotatable bonds is 5. The van der Waals surface area contributed by atoms with E-state index in [1.165, 1.54) is 17.8 Å². The molecule has 1 saturated carbocycles. The predicted molar refractivity (Wildman–Crippen MR) is 85.2 cm³/mol. The summed E-state index contributed by atoms with van der Waals surface area (Å²) in [5.74, 6) is 0.303. The second-order valence-corrected chi connectivity index (χ2v) is 6.13. The van der Waals surface area contributed by atoms with E-state index < -0.39 is 5.56 Å². The normalized spacial score (nSPS) is 13.6. The Hall–Kier alpha value is -2.46. The van der Waals surface area contributed by atoms with E-state index in [9.17, 15) is 14.9 Å². The zero-order valence-electron chi connectivity index (χ0n) is 12.5. The van der Waals surface area contributed by atoms with Crippen LogP contribution in [0.1, 0.15) is 34.5 Å². The van der Waals surface area contributed by atoms with Crippen molar-refractivity contribution >= 4 is 17.7 Å². The molecule has 23 heavy (non-hydrogen) atoms. The van der Waals surface area contributed by atoms with E-state index in [-0.39, 0.29) is 17.5 Å². The van der Waals surface area contributed by atoms with E-state index in [1.807, 2.05) is 6.07 Å². The Balaban J connectivity index is 1.94. The monoisotopic (exact) mass is 329 g/mol. The van der Waals surface area contributed by atoms with E-state index in [2.05, 4.69) is 4.98 Å². The van der Waals surface area contributed by atoms with Gasteiger partial charge < -0.3 is 14.3 Å². The molecule has 0 unspecified atom stereocenters. The summed E-state index contributed by atoms with van der Waals surface area (Å²) in [6.07, 6.45) is 5.15. The topological polar surface area (TPSA) is 90.1 Å². The summed E-state index contributed by atoms with van der Waals surface area (Å²) in [5.41, 5.74) is -0.171. The van der Waals surface area contributed by atoms with Crippen molar-refractivity contribution in [2.24, 2.45) is 0 Å². The molecule has 0 aliphatic heterocycles. The minimum Gasteiger partial charge on any atom is -0.467 e. The van der Waals surface area contributed by atoms with Gasteiger partial charge in [0.15, 0.2) is 0 Å². The van der Waals surface area contributed by atoms with Gasteiger partial charge in [0.1, 0.15) is 17.4 Å². The largest absolute Gasteiger partial charge is 0.467 e. The van der Waals surface area contributed by atoms with Crippen LogP contribution in [-0.2, 0) is 6.54 Å². The molecule has 7 heteroatoms. The van der Waals surface area contributed by atoms with Gasteiger partial charge in [-0.15, -0.1) is 11.8 Å². The summed E-state index contributed by atoms with van der Waals surface area (Å²) in [5, 5.41) is 9.66.